The van der Waals surface area contributed by atoms with Gasteiger partial charge in [-0.2, -0.15) is 5.10 Å². The fraction of sp³-hybridized carbons (Fsp3) is 0.345. The molecular weight excluding hydrogens is 566 g/mol. The largest absolute Gasteiger partial charge is 0.382 e. The highest BCUT2D eigenvalue weighted by Crippen LogP contribution is 2.32. The van der Waals surface area contributed by atoms with Crippen molar-refractivity contribution in [1.82, 2.24) is 29.5 Å². The maximum Gasteiger partial charge on any atom is 0.294 e. The third-order valence-corrected chi connectivity index (χ3v) is 8.29. The van der Waals surface area contributed by atoms with Crippen molar-refractivity contribution in [2.24, 2.45) is 0 Å². The van der Waals surface area contributed by atoms with Crippen LogP contribution in [0, 0.1) is 11.6 Å². The number of benzene rings is 2. The minimum atomic E-state index is -1.76. The Bertz CT molecular complexity index is 1490. The molecule has 13 heteroatoms. The van der Waals surface area contributed by atoms with E-state index >= 15 is 0 Å². The highest BCUT2D eigenvalue weighted by molar-refractivity contribution is 8.18. The maximum absolute atomic E-state index is 14.8. The van der Waals surface area contributed by atoms with Crippen molar-refractivity contribution >= 4 is 34.9 Å². The minimum absolute atomic E-state index is 0.00936. The molecule has 1 atom stereocenters. The van der Waals surface area contributed by atoms with E-state index in [9.17, 15) is 28.3 Å². The van der Waals surface area contributed by atoms with Crippen LogP contribution >= 0.6 is 11.8 Å². The van der Waals surface area contributed by atoms with Crippen molar-refractivity contribution in [1.29, 1.82) is 0 Å². The molecule has 5 rings (SSSR count). The predicted molar refractivity (Wildman–Crippen MR) is 152 cm³/mol. The van der Waals surface area contributed by atoms with Crippen LogP contribution in [0.5, 0.6) is 0 Å². The van der Waals surface area contributed by atoms with Crippen LogP contribution in [0.2, 0.25) is 0 Å². The van der Waals surface area contributed by atoms with Gasteiger partial charge in [0.2, 0.25) is 5.91 Å². The normalized spacial score (nSPS) is 18.6. The molecule has 0 aliphatic carbocycles. The average molecular weight is 597 g/mol. The molecule has 220 valence electrons. The van der Waals surface area contributed by atoms with E-state index in [1.54, 1.807) is 11.0 Å². The van der Waals surface area contributed by atoms with Crippen LogP contribution in [0.3, 0.4) is 0 Å². The number of imide groups is 1. The van der Waals surface area contributed by atoms with Gasteiger partial charge in [0.25, 0.3) is 11.1 Å². The topological polar surface area (TPSA) is 112 Å². The summed E-state index contributed by atoms with van der Waals surface area (Å²) in [6.45, 7) is 2.81. The maximum atomic E-state index is 14.8. The second kappa shape index (κ2) is 12.5. The van der Waals surface area contributed by atoms with E-state index in [-0.39, 0.29) is 49.1 Å². The number of nitrogens with zero attached hydrogens (tertiary/aromatic N) is 6. The van der Waals surface area contributed by atoms with Crippen molar-refractivity contribution in [2.45, 2.75) is 25.5 Å². The molecule has 0 bridgehead atoms. The van der Waals surface area contributed by atoms with E-state index in [4.69, 9.17) is 0 Å². The van der Waals surface area contributed by atoms with Gasteiger partial charge in [0.05, 0.1) is 11.4 Å². The molecule has 0 spiro atoms. The van der Waals surface area contributed by atoms with Gasteiger partial charge in [-0.1, -0.05) is 37.3 Å². The fourth-order valence-corrected chi connectivity index (χ4v) is 5.91. The van der Waals surface area contributed by atoms with Gasteiger partial charge < -0.3 is 10.0 Å². The van der Waals surface area contributed by atoms with Crippen molar-refractivity contribution in [3.63, 3.8) is 0 Å². The molecule has 2 saturated heterocycles. The van der Waals surface area contributed by atoms with E-state index in [0.717, 1.165) is 46.3 Å². The number of halogens is 2. The van der Waals surface area contributed by atoms with Gasteiger partial charge in [0, 0.05) is 44.4 Å². The number of aromatic nitrogens is 3. The van der Waals surface area contributed by atoms with Crippen LogP contribution in [-0.2, 0) is 28.2 Å². The Morgan fingerprint density at radius 1 is 1.07 bits per heavy atom. The Morgan fingerprint density at radius 3 is 2.45 bits per heavy atom. The van der Waals surface area contributed by atoms with Crippen LogP contribution in [-0.4, -0.2) is 90.9 Å². The van der Waals surface area contributed by atoms with Gasteiger partial charge >= 0.3 is 0 Å². The molecule has 2 aromatic carbocycles. The third kappa shape index (κ3) is 6.58. The smallest absolute Gasteiger partial charge is 0.294 e. The molecule has 3 heterocycles. The first-order valence-electron chi connectivity index (χ1n) is 13.5. The van der Waals surface area contributed by atoms with Gasteiger partial charge in [-0.05, 0) is 41.5 Å². The lowest BCUT2D eigenvalue weighted by Gasteiger charge is -2.40. The van der Waals surface area contributed by atoms with E-state index in [2.05, 4.69) is 10.1 Å². The van der Waals surface area contributed by atoms with Crippen LogP contribution in [0.4, 0.5) is 13.6 Å². The number of carbonyl (C=O) groups is 3. The summed E-state index contributed by atoms with van der Waals surface area (Å²) in [4.78, 5) is 47.1. The van der Waals surface area contributed by atoms with Gasteiger partial charge in [-0.15, -0.1) is 0 Å². The molecule has 0 radical (unpaired) electrons. The van der Waals surface area contributed by atoms with Crippen LogP contribution in [0.25, 0.3) is 6.08 Å². The number of β-amino-alcohol motifs (C(OH)–C–C–N with tert-alkyl or cyclic N) is 1. The lowest BCUT2D eigenvalue weighted by molar-refractivity contribution is -0.137. The number of hydrogen-bond donors (Lipinski definition) is 1. The molecule has 3 aromatic rings. The number of amides is 3. The molecule has 2 aliphatic heterocycles. The molecule has 2 aliphatic rings. The fourth-order valence-electron chi connectivity index (χ4n) is 5.07. The van der Waals surface area contributed by atoms with E-state index in [0.29, 0.717) is 13.1 Å². The summed E-state index contributed by atoms with van der Waals surface area (Å²) < 4.78 is 29.7. The quantitative estimate of drug-likeness (QED) is 0.376. The molecule has 1 N–H and O–H groups in total. The Balaban J connectivity index is 1.20. The Labute approximate surface area is 245 Å². The second-order valence-corrected chi connectivity index (χ2v) is 11.3. The molecular formula is C29H30F2N6O4S. The van der Waals surface area contributed by atoms with Gasteiger partial charge in [-0.25, -0.2) is 18.4 Å². The van der Waals surface area contributed by atoms with E-state index in [1.807, 2.05) is 36.1 Å². The zero-order chi connectivity index (χ0) is 29.9. The number of carbonyl (C=O) groups excluding carboxylic acids is 3. The number of thioether (sulfide) groups is 1. The predicted octanol–water partition coefficient (Wildman–Crippen LogP) is 2.89. The third-order valence-electron chi connectivity index (χ3n) is 7.39. The number of hydrogen-bond acceptors (Lipinski definition) is 8. The van der Waals surface area contributed by atoms with Crippen molar-refractivity contribution in [3.8, 4) is 0 Å². The van der Waals surface area contributed by atoms with Crippen LogP contribution in [0.1, 0.15) is 23.6 Å². The zero-order valence-electron chi connectivity index (χ0n) is 22.9. The Kier molecular flexibility index (Phi) is 8.80. The Hall–Kier alpha value is -3.94. The summed E-state index contributed by atoms with van der Waals surface area (Å²) in [5.41, 5.74) is 0.118. The second-order valence-electron chi connectivity index (χ2n) is 10.3. The van der Waals surface area contributed by atoms with Gasteiger partial charge in [0.15, 0.2) is 0 Å². The first-order valence-corrected chi connectivity index (χ1v) is 14.3. The lowest BCUT2D eigenvalue weighted by Crippen LogP contribution is -2.55. The molecule has 42 heavy (non-hydrogen) atoms. The minimum Gasteiger partial charge on any atom is -0.382 e. The highest BCUT2D eigenvalue weighted by Gasteiger charge is 2.39. The summed E-state index contributed by atoms with van der Waals surface area (Å²) >= 11 is 0.809. The van der Waals surface area contributed by atoms with Crippen molar-refractivity contribution in [2.75, 3.05) is 39.3 Å². The monoisotopic (exact) mass is 596 g/mol. The molecule has 1 unspecified atom stereocenters. The Morgan fingerprint density at radius 2 is 1.81 bits per heavy atom. The average Bonchev–Trinajstić information content (AvgIpc) is 3.57. The van der Waals surface area contributed by atoms with Crippen LogP contribution in [0.15, 0.2) is 60.0 Å². The number of piperazine rings is 1. The number of aliphatic hydroxyl groups is 1. The van der Waals surface area contributed by atoms with E-state index in [1.165, 1.54) is 23.4 Å². The lowest BCUT2D eigenvalue weighted by atomic mass is 9.92. The van der Waals surface area contributed by atoms with Crippen LogP contribution < -0.4 is 0 Å². The molecule has 2 fully saturated rings. The summed E-state index contributed by atoms with van der Waals surface area (Å²) in [5.74, 6) is -2.51. The van der Waals surface area contributed by atoms with Crippen molar-refractivity contribution in [3.05, 3.63) is 88.3 Å². The SMILES string of the molecule is CCc1ccc(C=C2SC(=O)N(CC(=O)N3CCN(CC(O)(Cn4cncn4)c4ccc(F)cc4F)CC3)C2=O)cc1. The summed E-state index contributed by atoms with van der Waals surface area (Å²) in [5, 5.41) is 15.1. The first-order chi connectivity index (χ1) is 20.1. The molecule has 0 saturated carbocycles. The van der Waals surface area contributed by atoms with Gasteiger partial charge in [0.1, 0.15) is 36.4 Å². The zero-order valence-corrected chi connectivity index (χ0v) is 23.8. The standard InChI is InChI=1S/C29H30F2N6O4S/c1-2-20-3-5-21(6-4-20)13-25-27(39)37(28(40)42-25)15-26(38)35-11-9-34(10-12-35)16-29(41,17-36-19-32-18-33-36)23-8-7-22(30)14-24(23)31/h3-8,13-14,18-19,41H,2,9-12,15-17H2,1H3. The summed E-state index contributed by atoms with van der Waals surface area (Å²) in [6.07, 6.45) is 5.23. The summed E-state index contributed by atoms with van der Waals surface area (Å²) in [7, 11) is 0. The summed E-state index contributed by atoms with van der Waals surface area (Å²) in [6, 6.07) is 10.7. The molecule has 1 aromatic heterocycles. The number of rotatable bonds is 9. The molecule has 3 amide bonds. The molecule has 10 nitrogen and oxygen atoms in total. The van der Waals surface area contributed by atoms with Crippen molar-refractivity contribution < 1.29 is 28.3 Å². The highest BCUT2D eigenvalue weighted by atomic mass is 32.2. The van der Waals surface area contributed by atoms with E-state index < -0.39 is 28.4 Å². The van der Waals surface area contributed by atoms with Gasteiger partial charge in [-0.3, -0.25) is 24.2 Å². The number of aryl methyl sites for hydroxylation is 1. The first kappa shape index (κ1) is 29.5.